The molecule has 270 valence electrons. The molecule has 4 aromatic carbocycles. The van der Waals surface area contributed by atoms with Crippen LogP contribution in [-0.4, -0.2) is 76.0 Å². The highest BCUT2D eigenvalue weighted by Gasteiger charge is 2.09. The van der Waals surface area contributed by atoms with E-state index in [1.165, 1.54) is 16.7 Å². The molecular weight excluding hydrogens is 652 g/mol. The van der Waals surface area contributed by atoms with E-state index in [-0.39, 0.29) is 0 Å². The van der Waals surface area contributed by atoms with Crippen molar-refractivity contribution in [1.29, 1.82) is 0 Å². The molecule has 0 saturated heterocycles. The molecule has 0 radical (unpaired) electrons. The normalized spacial score (nSPS) is 11.3. The van der Waals surface area contributed by atoms with Crippen molar-refractivity contribution in [3.05, 3.63) is 120 Å². The topological polar surface area (TPSA) is 81.2 Å². The van der Waals surface area contributed by atoms with Crippen LogP contribution in [0.15, 0.2) is 109 Å². The maximum absolute atomic E-state index is 5.90. The van der Waals surface area contributed by atoms with Gasteiger partial charge in [0.1, 0.15) is 24.7 Å². The van der Waals surface area contributed by atoms with E-state index in [0.717, 1.165) is 63.0 Å². The molecule has 6 aromatic rings. The lowest BCUT2D eigenvalue weighted by atomic mass is 10.0. The minimum atomic E-state index is 0.469. The van der Waals surface area contributed by atoms with Gasteiger partial charge in [-0.1, -0.05) is 65.7 Å². The largest absolute Gasteiger partial charge is 0.491 e. The van der Waals surface area contributed by atoms with Crippen LogP contribution in [0.4, 0.5) is 0 Å². The summed E-state index contributed by atoms with van der Waals surface area (Å²) in [7, 11) is 0. The Morgan fingerprint density at radius 1 is 0.442 bits per heavy atom. The minimum absolute atomic E-state index is 0.469. The number of nitrogens with zero attached hydrogens (tertiary/aromatic N) is 2. The first-order valence-corrected chi connectivity index (χ1v) is 18.1. The number of aryl methyl sites for hydroxylation is 2. The molecule has 6 rings (SSSR count). The van der Waals surface area contributed by atoms with Crippen LogP contribution in [0.3, 0.4) is 0 Å². The van der Waals surface area contributed by atoms with E-state index in [1.54, 1.807) is 0 Å². The van der Waals surface area contributed by atoms with Crippen molar-refractivity contribution in [1.82, 2.24) is 9.97 Å². The highest BCUT2D eigenvalue weighted by molar-refractivity contribution is 6.04. The maximum atomic E-state index is 5.90. The van der Waals surface area contributed by atoms with Gasteiger partial charge in [-0.05, 0) is 80.8 Å². The van der Waals surface area contributed by atoms with Gasteiger partial charge >= 0.3 is 0 Å². The number of pyridine rings is 2. The molecule has 0 amide bonds. The number of aromatic nitrogens is 2. The van der Waals surface area contributed by atoms with Gasteiger partial charge in [-0.2, -0.15) is 0 Å². The van der Waals surface area contributed by atoms with Crippen LogP contribution >= 0.6 is 0 Å². The Morgan fingerprint density at radius 3 is 1.67 bits per heavy atom. The molecule has 0 aliphatic heterocycles. The Morgan fingerprint density at radius 2 is 1.02 bits per heavy atom. The maximum Gasteiger partial charge on any atom is 0.119 e. The summed E-state index contributed by atoms with van der Waals surface area (Å²) in [6.45, 7) is 9.84. The fraction of sp³-hybridized carbons (Fsp3) is 0.318. The third-order valence-electron chi connectivity index (χ3n) is 8.60. The van der Waals surface area contributed by atoms with E-state index in [1.807, 2.05) is 54.7 Å². The lowest BCUT2D eigenvalue weighted by Gasteiger charge is -2.10. The summed E-state index contributed by atoms with van der Waals surface area (Å²) in [4.78, 5) is 9.88. The average Bonchev–Trinajstić information content (AvgIpc) is 3.18. The van der Waals surface area contributed by atoms with E-state index in [9.17, 15) is 0 Å². The molecule has 8 nitrogen and oxygen atoms in total. The summed E-state index contributed by atoms with van der Waals surface area (Å²) >= 11 is 0. The van der Waals surface area contributed by atoms with Gasteiger partial charge in [-0.3, -0.25) is 4.98 Å². The van der Waals surface area contributed by atoms with Crippen molar-refractivity contribution in [3.8, 4) is 33.9 Å². The molecule has 0 aliphatic rings. The van der Waals surface area contributed by atoms with Crippen LogP contribution in [0.25, 0.3) is 44.2 Å². The van der Waals surface area contributed by atoms with Crippen LogP contribution < -0.4 is 9.47 Å². The van der Waals surface area contributed by atoms with Crippen LogP contribution in [-0.2, 0) is 18.9 Å². The second kappa shape index (κ2) is 19.7. The van der Waals surface area contributed by atoms with Crippen LogP contribution in [0.5, 0.6) is 11.5 Å². The first kappa shape index (κ1) is 36.9. The molecule has 0 saturated carbocycles. The number of benzene rings is 4. The summed E-state index contributed by atoms with van der Waals surface area (Å²) in [6.07, 6.45) is 3.84. The summed E-state index contributed by atoms with van der Waals surface area (Å²) in [5, 5.41) is 2.14. The van der Waals surface area contributed by atoms with Gasteiger partial charge in [0.2, 0.25) is 0 Å². The Balaban J connectivity index is 0.812. The predicted molar refractivity (Wildman–Crippen MR) is 207 cm³/mol. The third-order valence-corrected chi connectivity index (χ3v) is 8.60. The van der Waals surface area contributed by atoms with E-state index in [4.69, 9.17) is 38.4 Å². The SMILES string of the molecule is Cc1ccc(OCCOCCOCCCCOCCOCCOc2ccc(-c3ccc4ccc5cc(-c6cccc(C)c6)cnc5c4n3)cc2)cc1. The van der Waals surface area contributed by atoms with E-state index in [0.29, 0.717) is 66.1 Å². The molecule has 0 fully saturated rings. The van der Waals surface area contributed by atoms with Crippen molar-refractivity contribution in [3.63, 3.8) is 0 Å². The fourth-order valence-electron chi connectivity index (χ4n) is 5.77. The van der Waals surface area contributed by atoms with Gasteiger partial charge in [-0.15, -0.1) is 0 Å². The zero-order valence-corrected chi connectivity index (χ0v) is 30.2. The lowest BCUT2D eigenvalue weighted by Crippen LogP contribution is -2.12. The highest BCUT2D eigenvalue weighted by atomic mass is 16.5. The molecule has 52 heavy (non-hydrogen) atoms. The molecule has 0 aliphatic carbocycles. The quantitative estimate of drug-likeness (QED) is 0.0544. The van der Waals surface area contributed by atoms with Crippen molar-refractivity contribution in [2.75, 3.05) is 66.1 Å². The Kier molecular flexibility index (Phi) is 14.0. The van der Waals surface area contributed by atoms with Crippen molar-refractivity contribution in [2.45, 2.75) is 26.7 Å². The molecule has 0 bridgehead atoms. The Bertz CT molecular complexity index is 1980. The zero-order chi connectivity index (χ0) is 35.8. The van der Waals surface area contributed by atoms with Crippen LogP contribution in [0, 0.1) is 13.8 Å². The highest BCUT2D eigenvalue weighted by Crippen LogP contribution is 2.30. The molecule has 2 aromatic heterocycles. The second-order valence-corrected chi connectivity index (χ2v) is 12.7. The molecule has 8 heteroatoms. The molecule has 0 N–H and O–H groups in total. The third kappa shape index (κ3) is 11.1. The second-order valence-electron chi connectivity index (χ2n) is 12.7. The van der Waals surface area contributed by atoms with Crippen molar-refractivity contribution in [2.24, 2.45) is 0 Å². The fourth-order valence-corrected chi connectivity index (χ4v) is 5.77. The number of hydrogen-bond donors (Lipinski definition) is 0. The predicted octanol–water partition coefficient (Wildman–Crippen LogP) is 9.04. The molecule has 0 atom stereocenters. The average molecular weight is 701 g/mol. The Hall–Kier alpha value is -4.86. The number of hydrogen-bond acceptors (Lipinski definition) is 8. The molecule has 2 heterocycles. The minimum Gasteiger partial charge on any atom is -0.491 e. The van der Waals surface area contributed by atoms with Gasteiger partial charge in [0.15, 0.2) is 0 Å². The number of unbranched alkanes of at least 4 members (excludes halogenated alkanes) is 1. The van der Waals surface area contributed by atoms with Gasteiger partial charge in [0.25, 0.3) is 0 Å². The van der Waals surface area contributed by atoms with Gasteiger partial charge in [0, 0.05) is 41.3 Å². The smallest absolute Gasteiger partial charge is 0.119 e. The van der Waals surface area contributed by atoms with Gasteiger partial charge in [-0.25, -0.2) is 4.98 Å². The summed E-state index contributed by atoms with van der Waals surface area (Å²) in [5.74, 6) is 1.66. The summed E-state index contributed by atoms with van der Waals surface area (Å²) in [5.41, 5.74) is 8.43. The van der Waals surface area contributed by atoms with Crippen molar-refractivity contribution < 1.29 is 28.4 Å². The lowest BCUT2D eigenvalue weighted by molar-refractivity contribution is 0.0247. The van der Waals surface area contributed by atoms with Crippen LogP contribution in [0.2, 0.25) is 0 Å². The van der Waals surface area contributed by atoms with E-state index < -0.39 is 0 Å². The van der Waals surface area contributed by atoms with Gasteiger partial charge in [0.05, 0.1) is 56.4 Å². The summed E-state index contributed by atoms with van der Waals surface area (Å²) < 4.78 is 34.1. The molecule has 0 unspecified atom stereocenters. The number of fused-ring (bicyclic) bond motifs is 3. The van der Waals surface area contributed by atoms with E-state index in [2.05, 4.69) is 68.4 Å². The standard InChI is InChI=1S/C44H48N2O6/c1-33-8-15-40(16-9-33)51-28-26-49-24-22-47-20-3-4-21-48-23-25-50-27-29-52-41-17-12-35(13-18-41)42-19-14-36-10-11-38-31-39(32-45-43(38)44(36)46-42)37-7-5-6-34(2)30-37/h5-19,30-32H,3-4,20-29H2,1-2H3. The monoisotopic (exact) mass is 700 g/mol. The van der Waals surface area contributed by atoms with Gasteiger partial charge < -0.3 is 28.4 Å². The van der Waals surface area contributed by atoms with Crippen molar-refractivity contribution >= 4 is 21.8 Å². The van der Waals surface area contributed by atoms with E-state index >= 15 is 0 Å². The Labute approximate surface area is 306 Å². The number of ether oxygens (including phenoxy) is 6. The zero-order valence-electron chi connectivity index (χ0n) is 30.2. The molecule has 0 spiro atoms. The number of rotatable bonds is 21. The van der Waals surface area contributed by atoms with Crippen LogP contribution in [0.1, 0.15) is 24.0 Å². The summed E-state index contributed by atoms with van der Waals surface area (Å²) in [6, 6.07) is 35.1. The first-order chi connectivity index (χ1) is 25.6. The first-order valence-electron chi connectivity index (χ1n) is 18.1. The molecular formula is C44H48N2O6.